The first-order valence-electron chi connectivity index (χ1n) is 6.36. The first-order valence-corrected chi connectivity index (χ1v) is 6.36. The zero-order chi connectivity index (χ0) is 14.8. The van der Waals surface area contributed by atoms with Crippen LogP contribution in [-0.4, -0.2) is 29.1 Å². The molecule has 0 amide bonds. The predicted molar refractivity (Wildman–Crippen MR) is 78.8 cm³/mol. The summed E-state index contributed by atoms with van der Waals surface area (Å²) < 4.78 is 0. The minimum Gasteiger partial charge on any atom is -0.409 e. The van der Waals surface area contributed by atoms with Crippen molar-refractivity contribution in [2.75, 3.05) is 11.9 Å². The van der Waals surface area contributed by atoms with E-state index in [0.29, 0.717) is 5.56 Å². The molecule has 1 heterocycles. The number of aryl methyl sites for hydroxylation is 1. The molecule has 0 radical (unpaired) electrons. The molecule has 0 aromatic carbocycles. The number of hydrogen-bond donors (Lipinski definition) is 2. The van der Waals surface area contributed by atoms with Crippen LogP contribution >= 0.6 is 0 Å². The maximum atomic E-state index is 8.93. The van der Waals surface area contributed by atoms with Crippen LogP contribution in [0.2, 0.25) is 0 Å². The molecular formula is C14H24N4O. The number of amidine groups is 1. The van der Waals surface area contributed by atoms with E-state index in [-0.39, 0.29) is 17.3 Å². The number of oxime groups is 1. The third-order valence-corrected chi connectivity index (χ3v) is 3.67. The van der Waals surface area contributed by atoms with E-state index in [1.54, 1.807) is 6.20 Å². The van der Waals surface area contributed by atoms with E-state index >= 15 is 0 Å². The summed E-state index contributed by atoms with van der Waals surface area (Å²) in [6.07, 6.45) is 1.74. The van der Waals surface area contributed by atoms with E-state index in [9.17, 15) is 0 Å². The number of nitrogens with zero attached hydrogens (tertiary/aromatic N) is 3. The molecule has 1 aromatic heterocycles. The highest BCUT2D eigenvalue weighted by Crippen LogP contribution is 2.29. The van der Waals surface area contributed by atoms with Crippen molar-refractivity contribution in [2.24, 2.45) is 16.3 Å². The summed E-state index contributed by atoms with van der Waals surface area (Å²) >= 11 is 0. The summed E-state index contributed by atoms with van der Waals surface area (Å²) in [7, 11) is 1.98. The molecular weight excluding hydrogens is 240 g/mol. The average molecular weight is 264 g/mol. The van der Waals surface area contributed by atoms with Gasteiger partial charge in [0.15, 0.2) is 5.84 Å². The van der Waals surface area contributed by atoms with E-state index in [1.807, 2.05) is 20.0 Å². The molecule has 0 fully saturated rings. The van der Waals surface area contributed by atoms with Gasteiger partial charge in [0.25, 0.3) is 0 Å². The van der Waals surface area contributed by atoms with Gasteiger partial charge in [0.05, 0.1) is 5.56 Å². The molecule has 0 aliphatic rings. The van der Waals surface area contributed by atoms with Crippen LogP contribution in [0.5, 0.6) is 0 Å². The van der Waals surface area contributed by atoms with Gasteiger partial charge < -0.3 is 15.8 Å². The fraction of sp³-hybridized carbons (Fsp3) is 0.571. The molecule has 0 saturated carbocycles. The molecule has 0 saturated heterocycles. The molecule has 106 valence electrons. The van der Waals surface area contributed by atoms with E-state index in [2.05, 4.69) is 42.7 Å². The molecule has 5 heteroatoms. The highest BCUT2D eigenvalue weighted by molar-refractivity contribution is 6.02. The lowest BCUT2D eigenvalue weighted by Crippen LogP contribution is -2.41. The fourth-order valence-electron chi connectivity index (χ4n) is 1.94. The monoisotopic (exact) mass is 264 g/mol. The summed E-state index contributed by atoms with van der Waals surface area (Å²) in [4.78, 5) is 6.47. The van der Waals surface area contributed by atoms with Gasteiger partial charge in [-0.05, 0) is 30.9 Å². The molecule has 0 aliphatic carbocycles. The Morgan fingerprint density at radius 1 is 1.47 bits per heavy atom. The Morgan fingerprint density at radius 2 is 2.05 bits per heavy atom. The van der Waals surface area contributed by atoms with Gasteiger partial charge in [-0.25, -0.2) is 4.98 Å². The van der Waals surface area contributed by atoms with Gasteiger partial charge in [0, 0.05) is 19.3 Å². The van der Waals surface area contributed by atoms with Gasteiger partial charge in [-0.1, -0.05) is 25.9 Å². The summed E-state index contributed by atoms with van der Waals surface area (Å²) in [5, 5.41) is 12.0. The second-order valence-corrected chi connectivity index (χ2v) is 5.96. The number of anilines is 1. The molecule has 1 rings (SSSR count). The van der Waals surface area contributed by atoms with Gasteiger partial charge in [-0.15, -0.1) is 0 Å². The topological polar surface area (TPSA) is 74.7 Å². The van der Waals surface area contributed by atoms with Gasteiger partial charge in [-0.3, -0.25) is 0 Å². The predicted octanol–water partition coefficient (Wildman–Crippen LogP) is 2.36. The van der Waals surface area contributed by atoms with Gasteiger partial charge in [0.2, 0.25) is 0 Å². The first kappa shape index (κ1) is 15.3. The second-order valence-electron chi connectivity index (χ2n) is 5.96. The molecule has 19 heavy (non-hydrogen) atoms. The number of nitrogens with two attached hydrogens (primary N) is 1. The van der Waals surface area contributed by atoms with Crippen LogP contribution in [0.25, 0.3) is 0 Å². The molecule has 0 aliphatic heterocycles. The molecule has 3 N–H and O–H groups in total. The van der Waals surface area contributed by atoms with Crippen molar-refractivity contribution < 1.29 is 5.21 Å². The Labute approximate surface area is 115 Å². The Hall–Kier alpha value is -1.78. The lowest BCUT2D eigenvalue weighted by atomic mass is 9.87. The maximum absolute atomic E-state index is 8.93. The second kappa shape index (κ2) is 5.47. The summed E-state index contributed by atoms with van der Waals surface area (Å²) in [5.74, 6) is 0.825. The molecule has 1 unspecified atom stereocenters. The van der Waals surface area contributed by atoms with Crippen LogP contribution in [0.3, 0.4) is 0 Å². The highest BCUT2D eigenvalue weighted by atomic mass is 16.4. The Kier molecular flexibility index (Phi) is 4.39. The zero-order valence-corrected chi connectivity index (χ0v) is 12.6. The van der Waals surface area contributed by atoms with Crippen LogP contribution in [0, 0.1) is 12.3 Å². The number of pyridine rings is 1. The maximum Gasteiger partial charge on any atom is 0.174 e. The minimum atomic E-state index is 0.0913. The van der Waals surface area contributed by atoms with Crippen molar-refractivity contribution in [1.29, 1.82) is 0 Å². The smallest absolute Gasteiger partial charge is 0.174 e. The minimum absolute atomic E-state index is 0.0913. The molecule has 0 spiro atoms. The van der Waals surface area contributed by atoms with Crippen LogP contribution in [-0.2, 0) is 0 Å². The number of aromatic nitrogens is 1. The third kappa shape index (κ3) is 3.16. The third-order valence-electron chi connectivity index (χ3n) is 3.67. The normalized spacial score (nSPS) is 14.3. The van der Waals surface area contributed by atoms with Crippen LogP contribution in [0.1, 0.15) is 38.8 Å². The fourth-order valence-corrected chi connectivity index (χ4v) is 1.94. The van der Waals surface area contributed by atoms with Crippen molar-refractivity contribution in [3.05, 3.63) is 23.4 Å². The summed E-state index contributed by atoms with van der Waals surface area (Å²) in [6.45, 7) is 10.6. The lowest BCUT2D eigenvalue weighted by Gasteiger charge is -2.37. The lowest BCUT2D eigenvalue weighted by molar-refractivity contribution is 0.318. The molecule has 5 nitrogen and oxygen atoms in total. The average Bonchev–Trinajstić information content (AvgIpc) is 2.34. The first-order chi connectivity index (χ1) is 8.70. The van der Waals surface area contributed by atoms with Gasteiger partial charge in [-0.2, -0.15) is 0 Å². The van der Waals surface area contributed by atoms with E-state index in [1.165, 1.54) is 0 Å². The van der Waals surface area contributed by atoms with Crippen molar-refractivity contribution in [3.8, 4) is 0 Å². The quantitative estimate of drug-likeness (QED) is 0.380. The van der Waals surface area contributed by atoms with E-state index in [0.717, 1.165) is 11.4 Å². The van der Waals surface area contributed by atoms with Crippen LogP contribution in [0.15, 0.2) is 17.4 Å². The van der Waals surface area contributed by atoms with E-state index in [4.69, 9.17) is 10.9 Å². The molecule has 1 atom stereocenters. The Morgan fingerprint density at radius 3 is 2.53 bits per heavy atom. The standard InChI is InChI=1S/C14H24N4O/c1-9-7-8-16-13(11(9)12(15)17-19)18(6)10(2)14(3,4)5/h7-8,10,19H,1-6H3,(H2,15,17). The number of rotatable bonds is 3. The van der Waals surface area contributed by atoms with Crippen LogP contribution < -0.4 is 10.6 Å². The Balaban J connectivity index is 3.32. The molecule has 1 aromatic rings. The summed E-state index contributed by atoms with van der Waals surface area (Å²) in [5.41, 5.74) is 7.50. The van der Waals surface area contributed by atoms with E-state index < -0.39 is 0 Å². The Bertz CT molecular complexity index is 477. The van der Waals surface area contributed by atoms with Gasteiger partial charge in [0.1, 0.15) is 5.82 Å². The highest BCUT2D eigenvalue weighted by Gasteiger charge is 2.27. The number of hydrogen-bond acceptors (Lipinski definition) is 4. The largest absolute Gasteiger partial charge is 0.409 e. The summed E-state index contributed by atoms with van der Waals surface area (Å²) in [6, 6.07) is 2.11. The van der Waals surface area contributed by atoms with Gasteiger partial charge >= 0.3 is 0 Å². The SMILES string of the molecule is Cc1ccnc(N(C)C(C)C(C)(C)C)c1/C(N)=N/O. The van der Waals surface area contributed by atoms with Crippen molar-refractivity contribution in [1.82, 2.24) is 4.98 Å². The van der Waals surface area contributed by atoms with Crippen molar-refractivity contribution >= 4 is 11.7 Å². The van der Waals surface area contributed by atoms with Crippen molar-refractivity contribution in [2.45, 2.75) is 40.7 Å². The van der Waals surface area contributed by atoms with Crippen molar-refractivity contribution in [3.63, 3.8) is 0 Å². The molecule has 0 bridgehead atoms. The zero-order valence-electron chi connectivity index (χ0n) is 12.6. The van der Waals surface area contributed by atoms with Crippen LogP contribution in [0.4, 0.5) is 5.82 Å².